The Hall–Kier alpha value is -2.91. The van der Waals surface area contributed by atoms with E-state index >= 15 is 0 Å². The van der Waals surface area contributed by atoms with E-state index in [1.807, 2.05) is 0 Å². The molecule has 45 heavy (non-hydrogen) atoms. The van der Waals surface area contributed by atoms with Crippen molar-refractivity contribution in [3.63, 3.8) is 0 Å². The van der Waals surface area contributed by atoms with Crippen molar-refractivity contribution in [1.29, 1.82) is 0 Å². The maximum atomic E-state index is 13.1. The van der Waals surface area contributed by atoms with Crippen molar-refractivity contribution in [2.45, 2.75) is 77.5 Å². The summed E-state index contributed by atoms with van der Waals surface area (Å²) in [6, 6.07) is 0. The van der Waals surface area contributed by atoms with Crippen LogP contribution in [0.5, 0.6) is 0 Å². The Labute approximate surface area is 272 Å². The van der Waals surface area contributed by atoms with Crippen LogP contribution >= 0.6 is 23.0 Å². The molecule has 3 heterocycles. The summed E-state index contributed by atoms with van der Waals surface area (Å²) in [7, 11) is 0. The van der Waals surface area contributed by atoms with E-state index in [9.17, 15) is 28.8 Å². The number of nitrogens with zero attached hydrogens (tertiary/aromatic N) is 2. The molecular formula is C27H38IN3O14. The number of esters is 3. The maximum absolute atomic E-state index is 13.1. The standard InChI is InChI=1S/C27H38IN3O14/c1-15-9-31(26(37)29-25(15)36)22-10-30(13-27(5,45-22)14-41-28)21(35)12-38-6-7-39-23-8-19(42-17(3)33)24(43-18(4)34)20(44-23)11-40-16(2)32/h9,19-20,22-24H,6-8,10-14H2,1-5H3,(H,29,36,37)/t19?,20?,22?,23?,24?,27-/m0/s1. The number of aromatic amines is 1. The van der Waals surface area contributed by atoms with Crippen LogP contribution in [0.25, 0.3) is 0 Å². The van der Waals surface area contributed by atoms with Crippen molar-refractivity contribution in [2.24, 2.45) is 0 Å². The third-order valence-electron chi connectivity index (χ3n) is 6.80. The van der Waals surface area contributed by atoms with Gasteiger partial charge in [-0.3, -0.25) is 33.5 Å². The molecule has 18 heteroatoms. The Morgan fingerprint density at radius 1 is 1.09 bits per heavy atom. The number of halogens is 1. The lowest BCUT2D eigenvalue weighted by Crippen LogP contribution is -2.57. The number of H-pyrrole nitrogens is 1. The number of amides is 1. The monoisotopic (exact) mass is 755 g/mol. The molecular weight excluding hydrogens is 717 g/mol. The van der Waals surface area contributed by atoms with Gasteiger partial charge in [0.2, 0.25) is 5.91 Å². The fourth-order valence-electron chi connectivity index (χ4n) is 4.88. The van der Waals surface area contributed by atoms with Crippen LogP contribution in [-0.4, -0.2) is 115 Å². The van der Waals surface area contributed by atoms with Crippen molar-refractivity contribution in [3.05, 3.63) is 32.6 Å². The van der Waals surface area contributed by atoms with Crippen molar-refractivity contribution in [3.8, 4) is 0 Å². The van der Waals surface area contributed by atoms with Crippen molar-refractivity contribution in [2.75, 3.05) is 46.1 Å². The predicted molar refractivity (Wildman–Crippen MR) is 159 cm³/mol. The van der Waals surface area contributed by atoms with Gasteiger partial charge in [0.25, 0.3) is 5.56 Å². The second-order valence-corrected chi connectivity index (χ2v) is 11.4. The first-order valence-corrected chi connectivity index (χ1v) is 14.9. The molecule has 0 saturated carbocycles. The van der Waals surface area contributed by atoms with Gasteiger partial charge in [-0.1, -0.05) is 0 Å². The summed E-state index contributed by atoms with van der Waals surface area (Å²) in [5, 5.41) is 0. The van der Waals surface area contributed by atoms with Crippen LogP contribution < -0.4 is 11.2 Å². The number of aryl methyl sites for hydroxylation is 1. The van der Waals surface area contributed by atoms with Crippen LogP contribution in [0.3, 0.4) is 0 Å². The highest BCUT2D eigenvalue weighted by atomic mass is 127. The zero-order valence-electron chi connectivity index (χ0n) is 25.6. The number of carbonyl (C=O) groups is 4. The smallest absolute Gasteiger partial charge is 0.330 e. The van der Waals surface area contributed by atoms with Crippen LogP contribution in [0.15, 0.2) is 15.8 Å². The summed E-state index contributed by atoms with van der Waals surface area (Å²) in [6.07, 6.45) is -3.37. The van der Waals surface area contributed by atoms with Gasteiger partial charge in [0, 0.05) is 39.0 Å². The second-order valence-electron chi connectivity index (χ2n) is 10.8. The van der Waals surface area contributed by atoms with Gasteiger partial charge < -0.3 is 41.1 Å². The van der Waals surface area contributed by atoms with Crippen LogP contribution in [0, 0.1) is 6.92 Å². The van der Waals surface area contributed by atoms with E-state index in [1.54, 1.807) is 36.9 Å². The van der Waals surface area contributed by atoms with E-state index in [4.69, 9.17) is 36.2 Å². The predicted octanol–water partition coefficient (Wildman–Crippen LogP) is -0.0976. The first-order valence-electron chi connectivity index (χ1n) is 14.0. The summed E-state index contributed by atoms with van der Waals surface area (Å²) in [5.74, 6) is -2.22. The molecule has 5 unspecified atom stereocenters. The molecule has 17 nitrogen and oxygen atoms in total. The Balaban J connectivity index is 1.58. The second kappa shape index (κ2) is 16.6. The minimum atomic E-state index is -1.03. The third kappa shape index (κ3) is 10.8. The van der Waals surface area contributed by atoms with E-state index in [1.165, 1.54) is 36.4 Å². The molecule has 0 bridgehead atoms. The summed E-state index contributed by atoms with van der Waals surface area (Å²) < 4.78 is 45.4. The lowest BCUT2D eigenvalue weighted by Gasteiger charge is -2.44. The molecule has 1 amide bonds. The average Bonchev–Trinajstić information content (AvgIpc) is 2.94. The molecule has 252 valence electrons. The summed E-state index contributed by atoms with van der Waals surface area (Å²) in [4.78, 5) is 76.0. The number of carbonyl (C=O) groups excluding carboxylic acids is 4. The van der Waals surface area contributed by atoms with Gasteiger partial charge in [-0.2, -0.15) is 0 Å². The highest BCUT2D eigenvalue weighted by Crippen LogP contribution is 2.29. The molecule has 0 radical (unpaired) electrons. The van der Waals surface area contributed by atoms with Crippen molar-refractivity contribution < 1.29 is 55.4 Å². The Morgan fingerprint density at radius 3 is 2.44 bits per heavy atom. The van der Waals surface area contributed by atoms with Crippen LogP contribution in [0.1, 0.15) is 45.9 Å². The topological polar surface area (TPSA) is 200 Å². The van der Waals surface area contributed by atoms with Crippen molar-refractivity contribution >= 4 is 46.8 Å². The zero-order valence-corrected chi connectivity index (χ0v) is 27.8. The van der Waals surface area contributed by atoms with Gasteiger partial charge in [0.05, 0.1) is 32.9 Å². The minimum Gasteiger partial charge on any atom is -0.463 e. The molecule has 0 aliphatic carbocycles. The fraction of sp³-hybridized carbons (Fsp3) is 0.704. The Bertz CT molecular complexity index is 1330. The number of hydrogen-bond acceptors (Lipinski definition) is 14. The first kappa shape index (κ1) is 36.6. The lowest BCUT2D eigenvalue weighted by atomic mass is 10.0. The third-order valence-corrected chi connectivity index (χ3v) is 7.11. The molecule has 2 aliphatic rings. The molecule has 2 saturated heterocycles. The highest BCUT2D eigenvalue weighted by Gasteiger charge is 2.44. The van der Waals surface area contributed by atoms with Gasteiger partial charge in [-0.25, -0.2) is 4.79 Å². The van der Waals surface area contributed by atoms with E-state index in [0.717, 1.165) is 0 Å². The van der Waals surface area contributed by atoms with Gasteiger partial charge in [-0.05, 0) is 13.8 Å². The number of rotatable bonds is 13. The molecule has 1 aromatic rings. The normalized spacial score (nSPS) is 26.6. The zero-order chi connectivity index (χ0) is 33.3. The number of aromatic nitrogens is 2. The molecule has 0 aromatic carbocycles. The lowest BCUT2D eigenvalue weighted by molar-refractivity contribution is -0.267. The average molecular weight is 756 g/mol. The number of nitrogens with one attached hydrogen (secondary N) is 1. The highest BCUT2D eigenvalue weighted by molar-refractivity contribution is 14.1. The molecule has 1 N–H and O–H groups in total. The SMILES string of the molecule is CC(=O)OCC1OC(OCCOCC(=O)N2CC(n3cc(C)c(=O)[nH]c3=O)O[C@](C)(COI)C2)CC(OC(C)=O)C1OC(C)=O. The van der Waals surface area contributed by atoms with Gasteiger partial charge in [-0.15, -0.1) is 0 Å². The molecule has 1 aromatic heterocycles. The summed E-state index contributed by atoms with van der Waals surface area (Å²) in [6.45, 7) is 6.54. The maximum Gasteiger partial charge on any atom is 0.330 e. The summed E-state index contributed by atoms with van der Waals surface area (Å²) >= 11 is 1.72. The molecule has 6 atom stereocenters. The van der Waals surface area contributed by atoms with E-state index in [-0.39, 0.29) is 58.5 Å². The van der Waals surface area contributed by atoms with Crippen molar-refractivity contribution in [1.82, 2.24) is 14.5 Å². The Morgan fingerprint density at radius 2 is 1.80 bits per heavy atom. The van der Waals surface area contributed by atoms with Crippen LogP contribution in [0.2, 0.25) is 0 Å². The van der Waals surface area contributed by atoms with E-state index < -0.39 is 65.6 Å². The van der Waals surface area contributed by atoms with Crippen LogP contribution in [0.4, 0.5) is 0 Å². The summed E-state index contributed by atoms with van der Waals surface area (Å²) in [5.41, 5.74) is -1.85. The Kier molecular flexibility index (Phi) is 13.5. The number of hydrogen-bond donors (Lipinski definition) is 1. The first-order chi connectivity index (χ1) is 21.2. The number of ether oxygens (including phenoxy) is 7. The molecule has 2 aliphatic heterocycles. The van der Waals surface area contributed by atoms with Crippen LogP contribution in [-0.2, 0) is 55.4 Å². The van der Waals surface area contributed by atoms with Gasteiger partial charge in [0.15, 0.2) is 18.6 Å². The molecule has 2 fully saturated rings. The minimum absolute atomic E-state index is 0.0155. The van der Waals surface area contributed by atoms with Gasteiger partial charge >= 0.3 is 23.6 Å². The fourth-order valence-corrected chi connectivity index (χ4v) is 5.54. The number of morpholine rings is 1. The quantitative estimate of drug-likeness (QED) is 0.121. The molecule has 0 spiro atoms. The van der Waals surface area contributed by atoms with E-state index in [2.05, 4.69) is 4.98 Å². The molecule has 3 rings (SSSR count). The van der Waals surface area contributed by atoms with Gasteiger partial charge in [0.1, 0.15) is 54.0 Å². The largest absolute Gasteiger partial charge is 0.463 e. The van der Waals surface area contributed by atoms with E-state index in [0.29, 0.717) is 5.56 Å².